The average Bonchev–Trinajstić information content (AvgIpc) is 2.87. The smallest absolute Gasteiger partial charge is 0.268 e. The van der Waals surface area contributed by atoms with Crippen molar-refractivity contribution >= 4 is 5.91 Å². The van der Waals surface area contributed by atoms with E-state index in [4.69, 9.17) is 0 Å². The Morgan fingerprint density at radius 2 is 1.81 bits per heavy atom. The highest BCUT2D eigenvalue weighted by atomic mass is 16.2. The lowest BCUT2D eigenvalue weighted by molar-refractivity contribution is 0.0920. The van der Waals surface area contributed by atoms with Gasteiger partial charge in [-0.1, -0.05) is 25.7 Å². The van der Waals surface area contributed by atoms with Crippen LogP contribution in [0.3, 0.4) is 0 Å². The Balaban J connectivity index is 1.65. The van der Waals surface area contributed by atoms with Gasteiger partial charge in [0.05, 0.1) is 0 Å². The van der Waals surface area contributed by atoms with Crippen molar-refractivity contribution in [1.82, 2.24) is 15.2 Å². The standard InChI is InChI=1S/C17H27N3O/c21-17(19-14-6-3-1-2-4-7-14)16-8-5-13-20(16)15-9-11-18-12-10-15/h5,8,13-15,18H,1-4,6-7,9-12H2,(H,19,21). The number of piperidine rings is 1. The molecular formula is C17H27N3O. The summed E-state index contributed by atoms with van der Waals surface area (Å²) in [6, 6.07) is 4.81. The highest BCUT2D eigenvalue weighted by molar-refractivity contribution is 5.93. The Morgan fingerprint density at radius 1 is 1.10 bits per heavy atom. The van der Waals surface area contributed by atoms with Gasteiger partial charge in [-0.2, -0.15) is 0 Å². The molecule has 1 aromatic rings. The van der Waals surface area contributed by atoms with E-state index in [2.05, 4.69) is 21.4 Å². The molecule has 0 radical (unpaired) electrons. The maximum atomic E-state index is 12.6. The summed E-state index contributed by atoms with van der Waals surface area (Å²) in [5.74, 6) is 0.116. The summed E-state index contributed by atoms with van der Waals surface area (Å²) in [4.78, 5) is 12.6. The van der Waals surface area contributed by atoms with E-state index in [1.807, 2.05) is 12.1 Å². The quantitative estimate of drug-likeness (QED) is 0.841. The third kappa shape index (κ3) is 3.67. The molecule has 2 N–H and O–H groups in total. The second-order valence-electron chi connectivity index (χ2n) is 6.44. The Labute approximate surface area is 127 Å². The van der Waals surface area contributed by atoms with Crippen LogP contribution in [0.4, 0.5) is 0 Å². The van der Waals surface area contributed by atoms with Gasteiger partial charge < -0.3 is 15.2 Å². The number of hydrogen-bond donors (Lipinski definition) is 2. The summed E-state index contributed by atoms with van der Waals surface area (Å²) < 4.78 is 2.19. The molecule has 0 atom stereocenters. The largest absolute Gasteiger partial charge is 0.348 e. The normalized spacial score (nSPS) is 21.9. The van der Waals surface area contributed by atoms with Crippen LogP contribution in [-0.2, 0) is 0 Å². The number of carbonyl (C=O) groups is 1. The molecule has 0 bridgehead atoms. The molecule has 4 heteroatoms. The molecule has 1 saturated carbocycles. The van der Waals surface area contributed by atoms with Gasteiger partial charge in [0.1, 0.15) is 5.69 Å². The van der Waals surface area contributed by atoms with Crippen LogP contribution in [-0.4, -0.2) is 29.6 Å². The molecule has 2 fully saturated rings. The lowest BCUT2D eigenvalue weighted by Gasteiger charge is -2.26. The van der Waals surface area contributed by atoms with Crippen LogP contribution in [0.15, 0.2) is 18.3 Å². The van der Waals surface area contributed by atoms with Gasteiger partial charge in [0.2, 0.25) is 0 Å². The SMILES string of the molecule is O=C(NC1CCCCCC1)c1cccn1C1CCNCC1. The molecule has 0 spiro atoms. The monoisotopic (exact) mass is 289 g/mol. The zero-order chi connectivity index (χ0) is 14.5. The summed E-state index contributed by atoms with van der Waals surface area (Å²) in [6.45, 7) is 2.10. The lowest BCUT2D eigenvalue weighted by Crippen LogP contribution is -2.37. The van der Waals surface area contributed by atoms with Crippen molar-refractivity contribution in [3.05, 3.63) is 24.0 Å². The zero-order valence-corrected chi connectivity index (χ0v) is 12.8. The van der Waals surface area contributed by atoms with E-state index in [1.165, 1.54) is 25.7 Å². The highest BCUT2D eigenvalue weighted by Gasteiger charge is 2.22. The minimum absolute atomic E-state index is 0.116. The topological polar surface area (TPSA) is 46.1 Å². The van der Waals surface area contributed by atoms with Crippen molar-refractivity contribution < 1.29 is 4.79 Å². The van der Waals surface area contributed by atoms with Crippen molar-refractivity contribution in [3.63, 3.8) is 0 Å². The van der Waals surface area contributed by atoms with Crippen LogP contribution in [0.1, 0.15) is 67.9 Å². The van der Waals surface area contributed by atoms with Crippen molar-refractivity contribution in [2.45, 2.75) is 63.5 Å². The van der Waals surface area contributed by atoms with E-state index < -0.39 is 0 Å². The zero-order valence-electron chi connectivity index (χ0n) is 12.8. The Hall–Kier alpha value is -1.29. The number of amides is 1. The summed E-state index contributed by atoms with van der Waals surface area (Å²) in [5.41, 5.74) is 0.839. The van der Waals surface area contributed by atoms with Crippen LogP contribution in [0.5, 0.6) is 0 Å². The predicted octanol–water partition coefficient (Wildman–Crippen LogP) is 2.87. The molecule has 3 rings (SSSR count). The second-order valence-corrected chi connectivity index (χ2v) is 6.44. The molecule has 116 valence electrons. The van der Waals surface area contributed by atoms with Crippen LogP contribution in [0, 0.1) is 0 Å². The molecule has 1 aliphatic carbocycles. The molecule has 2 heterocycles. The fourth-order valence-corrected chi connectivity index (χ4v) is 3.67. The van der Waals surface area contributed by atoms with Crippen LogP contribution < -0.4 is 10.6 Å². The van der Waals surface area contributed by atoms with Crippen LogP contribution in [0.25, 0.3) is 0 Å². The number of hydrogen-bond acceptors (Lipinski definition) is 2. The molecule has 1 aromatic heterocycles. The van der Waals surface area contributed by atoms with Gasteiger partial charge in [-0.15, -0.1) is 0 Å². The number of carbonyl (C=O) groups excluding carboxylic acids is 1. The van der Waals surface area contributed by atoms with Gasteiger partial charge in [-0.05, 0) is 50.9 Å². The Kier molecular flexibility index (Phi) is 4.96. The number of aromatic nitrogens is 1. The van der Waals surface area contributed by atoms with Crippen molar-refractivity contribution in [1.29, 1.82) is 0 Å². The minimum atomic E-state index is 0.116. The van der Waals surface area contributed by atoms with Gasteiger partial charge >= 0.3 is 0 Å². The van der Waals surface area contributed by atoms with Gasteiger partial charge in [-0.3, -0.25) is 4.79 Å². The lowest BCUT2D eigenvalue weighted by atomic mass is 10.1. The number of nitrogens with one attached hydrogen (secondary N) is 2. The molecule has 21 heavy (non-hydrogen) atoms. The van der Waals surface area contributed by atoms with E-state index in [-0.39, 0.29) is 5.91 Å². The minimum Gasteiger partial charge on any atom is -0.348 e. The average molecular weight is 289 g/mol. The summed E-state index contributed by atoms with van der Waals surface area (Å²) in [5, 5.41) is 6.65. The summed E-state index contributed by atoms with van der Waals surface area (Å²) in [7, 11) is 0. The maximum absolute atomic E-state index is 12.6. The first-order valence-corrected chi connectivity index (χ1v) is 8.53. The van der Waals surface area contributed by atoms with Crippen LogP contribution >= 0.6 is 0 Å². The molecular weight excluding hydrogens is 262 g/mol. The predicted molar refractivity (Wildman–Crippen MR) is 84.5 cm³/mol. The number of rotatable bonds is 3. The highest BCUT2D eigenvalue weighted by Crippen LogP contribution is 2.22. The molecule has 1 amide bonds. The van der Waals surface area contributed by atoms with Gasteiger partial charge in [0, 0.05) is 18.3 Å². The Bertz CT molecular complexity index is 454. The third-order valence-electron chi connectivity index (χ3n) is 4.90. The van der Waals surface area contributed by atoms with E-state index in [9.17, 15) is 4.79 Å². The second kappa shape index (κ2) is 7.12. The third-order valence-corrected chi connectivity index (χ3v) is 4.90. The molecule has 4 nitrogen and oxygen atoms in total. The molecule has 1 aliphatic heterocycles. The number of nitrogens with zero attached hydrogens (tertiary/aromatic N) is 1. The van der Waals surface area contributed by atoms with E-state index in [1.54, 1.807) is 0 Å². The molecule has 0 unspecified atom stereocenters. The van der Waals surface area contributed by atoms with Crippen molar-refractivity contribution in [3.8, 4) is 0 Å². The summed E-state index contributed by atoms with van der Waals surface area (Å²) in [6.07, 6.45) is 11.7. The van der Waals surface area contributed by atoms with Crippen LogP contribution in [0.2, 0.25) is 0 Å². The van der Waals surface area contributed by atoms with Gasteiger partial charge in [0.25, 0.3) is 5.91 Å². The summed E-state index contributed by atoms with van der Waals surface area (Å²) >= 11 is 0. The molecule has 0 aromatic carbocycles. The first-order chi connectivity index (χ1) is 10.3. The van der Waals surface area contributed by atoms with Gasteiger partial charge in [-0.25, -0.2) is 0 Å². The van der Waals surface area contributed by atoms with E-state index >= 15 is 0 Å². The molecule has 2 aliphatic rings. The van der Waals surface area contributed by atoms with E-state index in [0.29, 0.717) is 12.1 Å². The fourth-order valence-electron chi connectivity index (χ4n) is 3.67. The molecule has 1 saturated heterocycles. The van der Waals surface area contributed by atoms with Gasteiger partial charge in [0.15, 0.2) is 0 Å². The first-order valence-electron chi connectivity index (χ1n) is 8.53. The van der Waals surface area contributed by atoms with Crippen molar-refractivity contribution in [2.24, 2.45) is 0 Å². The Morgan fingerprint density at radius 3 is 2.52 bits per heavy atom. The maximum Gasteiger partial charge on any atom is 0.268 e. The van der Waals surface area contributed by atoms with Crippen molar-refractivity contribution in [2.75, 3.05) is 13.1 Å². The first kappa shape index (κ1) is 14.6. The van der Waals surface area contributed by atoms with E-state index in [0.717, 1.165) is 44.5 Å². The fraction of sp³-hybridized carbons (Fsp3) is 0.706.